The number of nitrogens with one attached hydrogen (secondary N) is 4. The zero-order chi connectivity index (χ0) is 56.7. The van der Waals surface area contributed by atoms with E-state index in [-0.39, 0.29) is 68.9 Å². The van der Waals surface area contributed by atoms with Crippen LogP contribution in [-0.2, 0) is 33.0 Å². The van der Waals surface area contributed by atoms with Gasteiger partial charge in [0.2, 0.25) is 10.0 Å². The molecule has 6 aromatic rings. The molecule has 0 unspecified atom stereocenters. The molecule has 2 fully saturated rings. The number of hydrogen-bond donors (Lipinski definition) is 5. The number of methoxy groups -OCH3 is 2. The predicted molar refractivity (Wildman–Crippen MR) is 285 cm³/mol. The average molecular weight is 1130 g/mol. The minimum absolute atomic E-state index is 0.00762. The number of rotatable bonds is 14. The van der Waals surface area contributed by atoms with E-state index in [4.69, 9.17) is 14.6 Å². The van der Waals surface area contributed by atoms with Crippen LogP contribution < -0.4 is 35.9 Å². The fourth-order valence-corrected chi connectivity index (χ4v) is 10.3. The maximum atomic E-state index is 14.6. The second-order valence-electron chi connectivity index (χ2n) is 19.0. The minimum Gasteiger partial charge on any atom is -0.495 e. The molecule has 0 aliphatic carbocycles. The fraction of sp³-hybridized carbons (Fsp3) is 0.396. The number of sulfonamides is 1. The van der Waals surface area contributed by atoms with Crippen molar-refractivity contribution in [1.82, 2.24) is 18.9 Å². The lowest BCUT2D eigenvalue weighted by Crippen LogP contribution is -2.36. The highest BCUT2D eigenvalue weighted by atomic mass is 32.2. The van der Waals surface area contributed by atoms with Crippen molar-refractivity contribution < 1.29 is 61.4 Å². The van der Waals surface area contributed by atoms with Gasteiger partial charge in [-0.15, -0.1) is 0 Å². The maximum Gasteiger partial charge on any atom is 0.406 e. The molecule has 8 rings (SSSR count). The first-order valence-electron chi connectivity index (χ1n) is 24.4. The second-order valence-corrected chi connectivity index (χ2v) is 22.6. The van der Waals surface area contributed by atoms with Crippen LogP contribution in [0, 0.1) is 35.3 Å². The van der Waals surface area contributed by atoms with Crippen molar-refractivity contribution in [3.63, 3.8) is 0 Å². The van der Waals surface area contributed by atoms with Gasteiger partial charge >= 0.3 is 12.4 Å². The normalized spacial score (nSPS) is 15.2. The van der Waals surface area contributed by atoms with Crippen LogP contribution in [0.3, 0.4) is 0 Å². The van der Waals surface area contributed by atoms with Gasteiger partial charge in [-0.3, -0.25) is 0 Å². The van der Waals surface area contributed by atoms with Crippen molar-refractivity contribution in [2.45, 2.75) is 73.0 Å². The Balaban J connectivity index is 0.000000226. The van der Waals surface area contributed by atoms with E-state index in [2.05, 4.69) is 54.7 Å². The highest BCUT2D eigenvalue weighted by Crippen LogP contribution is 2.35. The van der Waals surface area contributed by atoms with Crippen molar-refractivity contribution in [3.05, 3.63) is 95.8 Å². The van der Waals surface area contributed by atoms with Gasteiger partial charge in [0, 0.05) is 52.6 Å². The summed E-state index contributed by atoms with van der Waals surface area (Å²) in [4.78, 5) is 4.33. The number of halogens is 8. The van der Waals surface area contributed by atoms with Crippen LogP contribution in [0.15, 0.2) is 82.6 Å². The maximum absolute atomic E-state index is 14.6. The molecule has 0 amide bonds. The predicted octanol–water partition coefficient (Wildman–Crippen LogP) is 8.69. The van der Waals surface area contributed by atoms with Crippen LogP contribution >= 0.6 is 0 Å². The zero-order valence-electron chi connectivity index (χ0n) is 43.2. The van der Waals surface area contributed by atoms with Crippen molar-refractivity contribution in [2.75, 3.05) is 95.1 Å². The summed E-state index contributed by atoms with van der Waals surface area (Å²) in [5.41, 5.74) is 2.15. The van der Waals surface area contributed by atoms with E-state index >= 15 is 0 Å². The number of piperidine rings is 2. The molecule has 0 atom stereocenters. The van der Waals surface area contributed by atoms with Gasteiger partial charge in [-0.1, -0.05) is 11.8 Å². The third kappa shape index (κ3) is 15.6. The first kappa shape index (κ1) is 58.8. The van der Waals surface area contributed by atoms with Gasteiger partial charge < -0.3 is 49.7 Å². The van der Waals surface area contributed by atoms with Gasteiger partial charge in [0.25, 0.3) is 0 Å². The monoisotopic (exact) mass is 1130 g/mol. The van der Waals surface area contributed by atoms with Gasteiger partial charge in [0.05, 0.1) is 70.9 Å². The molecule has 0 saturated carbocycles. The van der Waals surface area contributed by atoms with Crippen LogP contribution in [0.5, 0.6) is 11.5 Å². The number of nitrogens with two attached hydrogens (primary N) is 1. The number of primary sulfonamides is 1. The Bertz CT molecular complexity index is 3260. The van der Waals surface area contributed by atoms with Crippen LogP contribution in [-0.4, -0.2) is 134 Å². The number of nitrogens with zero attached hydrogens (tertiary/aromatic N) is 4. The van der Waals surface area contributed by atoms with E-state index in [9.17, 15) is 52.0 Å². The lowest BCUT2D eigenvalue weighted by molar-refractivity contribution is -0.140. The van der Waals surface area contributed by atoms with Gasteiger partial charge in [0.15, 0.2) is 9.84 Å². The summed E-state index contributed by atoms with van der Waals surface area (Å²) in [5, 5.41) is 18.7. The number of ether oxygens (including phenoxy) is 2. The average Bonchev–Trinajstić information content (AvgIpc) is 3.89. The van der Waals surface area contributed by atoms with Crippen LogP contribution in [0.25, 0.3) is 21.8 Å². The highest BCUT2D eigenvalue weighted by molar-refractivity contribution is 7.90. The van der Waals surface area contributed by atoms with Crippen LogP contribution in [0.2, 0.25) is 0 Å². The molecular formula is C53H59F8N9O6S2. The molecule has 2 aliphatic rings. The number of benzene rings is 4. The number of aromatic nitrogens is 2. The number of likely N-dealkylation sites (tertiary alicyclic amines) is 2. The van der Waals surface area contributed by atoms with Crippen LogP contribution in [0.4, 0.5) is 57.9 Å². The number of hydrogen-bond acceptors (Lipinski definition) is 12. The largest absolute Gasteiger partial charge is 0.495 e. The summed E-state index contributed by atoms with van der Waals surface area (Å²) in [5.74, 6) is 10.4. The Morgan fingerprint density at radius 3 is 1.33 bits per heavy atom. The molecule has 4 heterocycles. The van der Waals surface area contributed by atoms with Gasteiger partial charge in [-0.05, 0) is 138 Å². The topological polar surface area (TPSA) is 177 Å². The molecule has 2 saturated heterocycles. The molecule has 420 valence electrons. The summed E-state index contributed by atoms with van der Waals surface area (Å²) >= 11 is 0. The minimum atomic E-state index is -4.55. The van der Waals surface area contributed by atoms with E-state index in [1.54, 1.807) is 6.07 Å². The Kier molecular flexibility index (Phi) is 18.4. The zero-order valence-corrected chi connectivity index (χ0v) is 44.9. The van der Waals surface area contributed by atoms with Gasteiger partial charge in [-0.25, -0.2) is 30.8 Å². The fourth-order valence-electron chi connectivity index (χ4n) is 9.13. The molecule has 0 spiro atoms. The number of anilines is 4. The molecular weight excluding hydrogens is 1070 g/mol. The smallest absolute Gasteiger partial charge is 0.406 e. The molecule has 15 nitrogen and oxygen atoms in total. The molecule has 2 aromatic heterocycles. The number of sulfone groups is 1. The molecule has 2 aliphatic heterocycles. The van der Waals surface area contributed by atoms with E-state index in [0.717, 1.165) is 79.4 Å². The Hall–Kier alpha value is -6.90. The molecule has 25 heteroatoms. The Morgan fingerprint density at radius 2 is 0.974 bits per heavy atom. The quantitative estimate of drug-likeness (QED) is 0.0519. The summed E-state index contributed by atoms with van der Waals surface area (Å²) in [6.45, 7) is 0.882. The van der Waals surface area contributed by atoms with E-state index in [0.29, 0.717) is 33.5 Å². The molecule has 0 radical (unpaired) electrons. The standard InChI is InChI=1S/C27H30F4N4O3S.C26H29F4N5O3S/c1-34-11-8-19(9-12-34)33-24-13-18(28)14-25-22(24)15-20(35(25)17-27(29,30)31)5-4-10-32-23-7-6-21(39(3,36)37)16-26(23)38-2;1-34-10-7-18(8-11-34)33-23-12-17(27)13-24-21(23)14-19(35(24)16-26(28,29)30)4-3-9-32-22-6-5-20(39(31,36)37)15-25(22)38-2/h6-7,13-16,19,32-33H,8-12,17H2,1-3H3;5-6,12-15,18,32-33H,7-11,16H2,1-2H3,(H2,31,36,37). The first-order chi connectivity index (χ1) is 36.7. The SMILES string of the molecule is COc1cc(S(C)(=O)=O)ccc1NCC#Cc1cc2c(NC3CCN(C)CC3)cc(F)cc2n1CC(F)(F)F.COc1cc(S(N)(=O)=O)ccc1NCC#Cc1cc2c(NC3CCN(C)CC3)cc(F)cc2n1CC(F)(F)F. The summed E-state index contributed by atoms with van der Waals surface area (Å²) < 4.78 is 169. The number of alkyl halides is 6. The van der Waals surface area contributed by atoms with Crippen molar-refractivity contribution in [1.29, 1.82) is 0 Å². The molecule has 78 heavy (non-hydrogen) atoms. The highest BCUT2D eigenvalue weighted by Gasteiger charge is 2.32. The lowest BCUT2D eigenvalue weighted by atomic mass is 10.0. The van der Waals surface area contributed by atoms with E-state index in [1.165, 1.54) is 68.8 Å². The molecule has 0 bridgehead atoms. The van der Waals surface area contributed by atoms with Crippen LogP contribution in [0.1, 0.15) is 37.1 Å². The van der Waals surface area contributed by atoms with Crippen molar-refractivity contribution in [3.8, 4) is 35.2 Å². The van der Waals surface area contributed by atoms with Crippen molar-refractivity contribution in [2.24, 2.45) is 5.14 Å². The molecule has 4 aromatic carbocycles. The summed E-state index contributed by atoms with van der Waals surface area (Å²) in [6, 6.07) is 16.3. The third-order valence-electron chi connectivity index (χ3n) is 13.1. The van der Waals surface area contributed by atoms with E-state index in [1.807, 2.05) is 14.1 Å². The second kappa shape index (κ2) is 24.4. The lowest BCUT2D eigenvalue weighted by Gasteiger charge is -2.30. The van der Waals surface area contributed by atoms with Gasteiger partial charge in [-0.2, -0.15) is 26.3 Å². The number of fused-ring (bicyclic) bond motifs is 2. The summed E-state index contributed by atoms with van der Waals surface area (Å²) in [6.07, 6.45) is -4.66. The van der Waals surface area contributed by atoms with E-state index < -0.39 is 56.9 Å². The Morgan fingerprint density at radius 1 is 0.590 bits per heavy atom. The third-order valence-corrected chi connectivity index (χ3v) is 15.1. The first-order valence-corrected chi connectivity index (χ1v) is 27.9. The summed E-state index contributed by atoms with van der Waals surface area (Å²) in [7, 11) is -0.573. The van der Waals surface area contributed by atoms with Gasteiger partial charge in [0.1, 0.15) is 36.2 Å². The van der Waals surface area contributed by atoms with Crippen molar-refractivity contribution >= 4 is 64.4 Å². The Labute approximate surface area is 447 Å². The molecule has 6 N–H and O–H groups in total.